The third kappa shape index (κ3) is 3.16. The second-order valence-electron chi connectivity index (χ2n) is 5.68. The molecule has 132 valence electrons. The zero-order valence-corrected chi connectivity index (χ0v) is 13.7. The number of carbonyl (C=O) groups is 1. The number of aliphatic hydroxyl groups is 1. The van der Waals surface area contributed by atoms with Gasteiger partial charge >= 0.3 is 6.18 Å². The number of aryl methyl sites for hydroxylation is 3. The van der Waals surface area contributed by atoms with Crippen LogP contribution in [0.25, 0.3) is 0 Å². The molecule has 0 bridgehead atoms. The minimum absolute atomic E-state index is 0.200. The van der Waals surface area contributed by atoms with Gasteiger partial charge in [-0.1, -0.05) is 0 Å². The lowest BCUT2D eigenvalue weighted by molar-refractivity contribution is -0.272. The van der Waals surface area contributed by atoms with Crippen LogP contribution in [0.4, 0.5) is 19.0 Å². The maximum atomic E-state index is 13.4. The molecular weight excluding hydrogens is 327 g/mol. The first kappa shape index (κ1) is 18.1. The summed E-state index contributed by atoms with van der Waals surface area (Å²) in [7, 11) is 1.56. The van der Waals surface area contributed by atoms with Gasteiger partial charge in [0, 0.05) is 12.6 Å². The normalized spacial score (nSPS) is 14.5. The van der Waals surface area contributed by atoms with Crippen molar-refractivity contribution < 1.29 is 27.5 Å². The van der Waals surface area contributed by atoms with Crippen molar-refractivity contribution >= 4 is 11.7 Å². The second-order valence-corrected chi connectivity index (χ2v) is 5.68. The highest BCUT2D eigenvalue weighted by Crippen LogP contribution is 2.42. The molecule has 2 rings (SSSR count). The third-order valence-electron chi connectivity index (χ3n) is 3.81. The largest absolute Gasteiger partial charge is 0.463 e. The van der Waals surface area contributed by atoms with Crippen molar-refractivity contribution in [2.45, 2.75) is 39.0 Å². The van der Waals surface area contributed by atoms with Crippen LogP contribution in [-0.4, -0.2) is 27.0 Å². The summed E-state index contributed by atoms with van der Waals surface area (Å²) in [6.45, 7) is 4.84. The van der Waals surface area contributed by atoms with Crippen LogP contribution in [0, 0.1) is 20.8 Å². The van der Waals surface area contributed by atoms with Gasteiger partial charge in [0.15, 0.2) is 0 Å². The second kappa shape index (κ2) is 5.97. The summed E-state index contributed by atoms with van der Waals surface area (Å²) in [5, 5.41) is 16.6. The lowest BCUT2D eigenvalue weighted by Gasteiger charge is -2.28. The van der Waals surface area contributed by atoms with E-state index >= 15 is 0 Å². The molecule has 0 saturated carbocycles. The van der Waals surface area contributed by atoms with Gasteiger partial charge in [-0.05, 0) is 32.9 Å². The molecule has 2 heterocycles. The zero-order chi connectivity index (χ0) is 18.3. The number of rotatable bonds is 4. The smallest absolute Gasteiger partial charge is 0.425 e. The molecule has 2 N–H and O–H groups in total. The highest BCUT2D eigenvalue weighted by Gasteiger charge is 2.58. The fraction of sp³-hybridized carbons (Fsp3) is 0.467. The molecule has 2 aromatic heterocycles. The van der Waals surface area contributed by atoms with Gasteiger partial charge in [-0.2, -0.15) is 18.3 Å². The molecule has 0 fully saturated rings. The van der Waals surface area contributed by atoms with Gasteiger partial charge in [0.25, 0.3) is 0 Å². The molecule has 0 saturated heterocycles. The number of amides is 1. The van der Waals surface area contributed by atoms with Crippen LogP contribution in [0.5, 0.6) is 0 Å². The number of alkyl halides is 3. The van der Waals surface area contributed by atoms with Crippen LogP contribution in [0.1, 0.15) is 29.2 Å². The van der Waals surface area contributed by atoms with E-state index in [0.717, 1.165) is 6.07 Å². The lowest BCUT2D eigenvalue weighted by Crippen LogP contribution is -2.45. The summed E-state index contributed by atoms with van der Waals surface area (Å²) in [6.07, 6.45) is -6.31. The maximum Gasteiger partial charge on any atom is 0.425 e. The predicted molar refractivity (Wildman–Crippen MR) is 79.3 cm³/mol. The number of carbonyl (C=O) groups excluding carboxylic acids is 1. The third-order valence-corrected chi connectivity index (χ3v) is 3.81. The van der Waals surface area contributed by atoms with Gasteiger partial charge in [0.1, 0.15) is 17.3 Å². The van der Waals surface area contributed by atoms with Crippen LogP contribution in [-0.2, 0) is 17.4 Å². The van der Waals surface area contributed by atoms with Gasteiger partial charge in [-0.25, -0.2) is 0 Å². The molecule has 0 spiro atoms. The fourth-order valence-electron chi connectivity index (χ4n) is 2.33. The molecule has 0 aromatic carbocycles. The first-order valence-electron chi connectivity index (χ1n) is 7.12. The Labute approximate surface area is 136 Å². The standard InChI is InChI=1S/C15H18F3N3O3/c1-8-5-6-11(24-8)14(23,15(16,17)18)7-12(22)19-13-9(2)10(3)20-21(13)4/h5-6,23H,7H2,1-4H3,(H,19,22). The molecule has 0 radical (unpaired) electrons. The minimum atomic E-state index is -5.08. The summed E-state index contributed by atoms with van der Waals surface area (Å²) in [6, 6.07) is 2.30. The Hall–Kier alpha value is -2.29. The van der Waals surface area contributed by atoms with E-state index < -0.39 is 29.9 Å². The molecule has 0 aliphatic heterocycles. The average molecular weight is 345 g/mol. The van der Waals surface area contributed by atoms with E-state index in [0.29, 0.717) is 11.3 Å². The average Bonchev–Trinajstić information content (AvgIpc) is 2.97. The van der Waals surface area contributed by atoms with Crippen molar-refractivity contribution in [1.82, 2.24) is 9.78 Å². The first-order chi connectivity index (χ1) is 11.0. The van der Waals surface area contributed by atoms with E-state index in [9.17, 15) is 23.1 Å². The topological polar surface area (TPSA) is 80.3 Å². The summed E-state index contributed by atoms with van der Waals surface area (Å²) in [5.74, 6) is -1.25. The number of anilines is 1. The minimum Gasteiger partial charge on any atom is -0.463 e. The van der Waals surface area contributed by atoms with Crippen molar-refractivity contribution in [2.24, 2.45) is 7.05 Å². The SMILES string of the molecule is Cc1ccc(C(O)(CC(=O)Nc2c(C)c(C)nn2C)C(F)(F)F)o1. The van der Waals surface area contributed by atoms with E-state index in [4.69, 9.17) is 4.42 Å². The molecule has 1 amide bonds. The number of nitrogens with zero attached hydrogens (tertiary/aromatic N) is 2. The molecule has 1 atom stereocenters. The summed E-state index contributed by atoms with van der Waals surface area (Å²) in [5.41, 5.74) is -2.14. The highest BCUT2D eigenvalue weighted by molar-refractivity contribution is 5.91. The number of hydrogen-bond donors (Lipinski definition) is 2. The molecule has 6 nitrogen and oxygen atoms in total. The van der Waals surface area contributed by atoms with Crippen LogP contribution in [0.2, 0.25) is 0 Å². The van der Waals surface area contributed by atoms with Crippen molar-refractivity contribution in [2.75, 3.05) is 5.32 Å². The Bertz CT molecular complexity index is 764. The van der Waals surface area contributed by atoms with Gasteiger partial charge in [-0.15, -0.1) is 0 Å². The van der Waals surface area contributed by atoms with Crippen LogP contribution in [0.3, 0.4) is 0 Å². The lowest BCUT2D eigenvalue weighted by atomic mass is 9.95. The fourth-order valence-corrected chi connectivity index (χ4v) is 2.33. The van der Waals surface area contributed by atoms with Crippen molar-refractivity contribution in [3.05, 3.63) is 34.9 Å². The van der Waals surface area contributed by atoms with E-state index in [1.165, 1.54) is 17.7 Å². The van der Waals surface area contributed by atoms with E-state index in [1.54, 1.807) is 20.9 Å². The molecule has 2 aromatic rings. The van der Waals surface area contributed by atoms with E-state index in [2.05, 4.69) is 10.4 Å². The molecule has 9 heteroatoms. The number of hydrogen-bond acceptors (Lipinski definition) is 4. The van der Waals surface area contributed by atoms with Gasteiger partial charge < -0.3 is 14.8 Å². The van der Waals surface area contributed by atoms with Crippen molar-refractivity contribution in [1.29, 1.82) is 0 Å². The monoisotopic (exact) mass is 345 g/mol. The van der Waals surface area contributed by atoms with Crippen molar-refractivity contribution in [3.63, 3.8) is 0 Å². The van der Waals surface area contributed by atoms with Gasteiger partial charge in [0.2, 0.25) is 11.5 Å². The number of aromatic nitrogens is 2. The maximum absolute atomic E-state index is 13.4. The first-order valence-corrected chi connectivity index (χ1v) is 7.12. The van der Waals surface area contributed by atoms with Crippen LogP contribution in [0.15, 0.2) is 16.5 Å². The van der Waals surface area contributed by atoms with Crippen LogP contribution >= 0.6 is 0 Å². The number of furan rings is 1. The molecule has 1 unspecified atom stereocenters. The Balaban J connectivity index is 2.29. The summed E-state index contributed by atoms with van der Waals surface area (Å²) < 4.78 is 46.3. The Morgan fingerprint density at radius 2 is 1.96 bits per heavy atom. The molecule has 0 aliphatic carbocycles. The Morgan fingerprint density at radius 1 is 1.33 bits per heavy atom. The quantitative estimate of drug-likeness (QED) is 0.893. The summed E-state index contributed by atoms with van der Waals surface area (Å²) >= 11 is 0. The predicted octanol–water partition coefficient (Wildman–Crippen LogP) is 2.72. The molecule has 24 heavy (non-hydrogen) atoms. The van der Waals surface area contributed by atoms with Gasteiger partial charge in [-0.3, -0.25) is 9.48 Å². The van der Waals surface area contributed by atoms with Crippen molar-refractivity contribution in [3.8, 4) is 0 Å². The number of nitrogens with one attached hydrogen (secondary N) is 1. The summed E-state index contributed by atoms with van der Waals surface area (Å²) in [4.78, 5) is 12.1. The number of halogens is 3. The van der Waals surface area contributed by atoms with Gasteiger partial charge in [0.05, 0.1) is 12.1 Å². The Morgan fingerprint density at radius 3 is 2.38 bits per heavy atom. The molecular formula is C15H18F3N3O3. The van der Waals surface area contributed by atoms with E-state index in [-0.39, 0.29) is 11.6 Å². The van der Waals surface area contributed by atoms with Crippen LogP contribution < -0.4 is 5.32 Å². The Kier molecular flexibility index (Phi) is 4.49. The zero-order valence-electron chi connectivity index (χ0n) is 13.7. The van der Waals surface area contributed by atoms with E-state index in [1.807, 2.05) is 0 Å². The highest BCUT2D eigenvalue weighted by atomic mass is 19.4. The molecule has 0 aliphatic rings.